The highest BCUT2D eigenvalue weighted by Gasteiger charge is 2.33. The third kappa shape index (κ3) is 2.44. The van der Waals surface area contributed by atoms with Gasteiger partial charge >= 0.3 is 0 Å². The number of carbonyl (C=O) groups excluding carboxylic acids is 1. The van der Waals surface area contributed by atoms with Crippen LogP contribution in [-0.4, -0.2) is 38.0 Å². The SMILES string of the molecule is CC(=O)N1N=C(c2sccc2C)O[C@H]1Cn1nnc2ccccc21. The quantitative estimate of drug-likeness (QED) is 0.733. The molecule has 0 fully saturated rings. The average molecular weight is 341 g/mol. The first kappa shape index (κ1) is 14.8. The maximum atomic E-state index is 11.9. The summed E-state index contributed by atoms with van der Waals surface area (Å²) < 4.78 is 7.69. The molecule has 7 nitrogen and oxygen atoms in total. The second-order valence-corrected chi connectivity index (χ2v) is 6.45. The minimum atomic E-state index is -0.538. The predicted molar refractivity (Wildman–Crippen MR) is 90.5 cm³/mol. The number of aromatic nitrogens is 3. The third-order valence-electron chi connectivity index (χ3n) is 3.85. The zero-order valence-electron chi connectivity index (χ0n) is 13.2. The summed E-state index contributed by atoms with van der Waals surface area (Å²) in [7, 11) is 0. The summed E-state index contributed by atoms with van der Waals surface area (Å²) in [6.07, 6.45) is -0.538. The van der Waals surface area contributed by atoms with Crippen LogP contribution in [-0.2, 0) is 16.1 Å². The number of hydrogen-bond donors (Lipinski definition) is 0. The van der Waals surface area contributed by atoms with E-state index in [0.29, 0.717) is 12.4 Å². The number of thiophene rings is 1. The number of nitrogens with zero attached hydrogens (tertiary/aromatic N) is 5. The molecule has 1 amide bonds. The van der Waals surface area contributed by atoms with E-state index in [-0.39, 0.29) is 5.91 Å². The lowest BCUT2D eigenvalue weighted by Gasteiger charge is -2.18. The van der Waals surface area contributed by atoms with Crippen LogP contribution in [0.25, 0.3) is 11.0 Å². The zero-order valence-corrected chi connectivity index (χ0v) is 14.0. The van der Waals surface area contributed by atoms with Gasteiger partial charge in [0.05, 0.1) is 10.4 Å². The van der Waals surface area contributed by atoms with Crippen molar-refractivity contribution in [2.45, 2.75) is 26.6 Å². The van der Waals surface area contributed by atoms with Gasteiger partial charge in [0, 0.05) is 6.92 Å². The molecule has 0 N–H and O–H groups in total. The van der Waals surface area contributed by atoms with Gasteiger partial charge in [-0.1, -0.05) is 17.3 Å². The van der Waals surface area contributed by atoms with Crippen molar-refractivity contribution in [1.82, 2.24) is 20.0 Å². The first-order valence-corrected chi connectivity index (χ1v) is 8.39. The van der Waals surface area contributed by atoms with E-state index in [9.17, 15) is 4.79 Å². The number of hydrogen-bond acceptors (Lipinski definition) is 6. The molecule has 1 aromatic carbocycles. The molecular formula is C16H15N5O2S. The fourth-order valence-electron chi connectivity index (χ4n) is 2.64. The monoisotopic (exact) mass is 341 g/mol. The van der Waals surface area contributed by atoms with E-state index in [4.69, 9.17) is 4.74 Å². The topological polar surface area (TPSA) is 72.6 Å². The van der Waals surface area contributed by atoms with E-state index in [1.807, 2.05) is 42.6 Å². The number of amides is 1. The molecule has 4 rings (SSSR count). The molecule has 0 saturated heterocycles. The molecule has 3 aromatic rings. The van der Waals surface area contributed by atoms with Gasteiger partial charge in [0.1, 0.15) is 12.1 Å². The van der Waals surface area contributed by atoms with Crippen molar-refractivity contribution in [3.8, 4) is 0 Å². The number of rotatable bonds is 3. The normalized spacial score (nSPS) is 17.2. The molecule has 24 heavy (non-hydrogen) atoms. The lowest BCUT2D eigenvalue weighted by Crippen LogP contribution is -2.35. The van der Waals surface area contributed by atoms with Crippen molar-refractivity contribution in [1.29, 1.82) is 0 Å². The molecule has 1 atom stereocenters. The van der Waals surface area contributed by atoms with Crippen LogP contribution >= 0.6 is 11.3 Å². The average Bonchev–Trinajstić information content (AvgIpc) is 3.27. The van der Waals surface area contributed by atoms with Gasteiger partial charge in [-0.15, -0.1) is 21.5 Å². The first-order valence-electron chi connectivity index (χ1n) is 7.51. The van der Waals surface area contributed by atoms with E-state index in [2.05, 4.69) is 15.4 Å². The largest absolute Gasteiger partial charge is 0.447 e. The Kier molecular flexibility index (Phi) is 3.53. The van der Waals surface area contributed by atoms with Gasteiger partial charge in [0.25, 0.3) is 5.90 Å². The molecular weight excluding hydrogens is 326 g/mol. The van der Waals surface area contributed by atoms with Crippen molar-refractivity contribution < 1.29 is 9.53 Å². The molecule has 1 aliphatic heterocycles. The first-order chi connectivity index (χ1) is 11.6. The Labute approximate surface area is 142 Å². The van der Waals surface area contributed by atoms with Crippen LogP contribution in [0.5, 0.6) is 0 Å². The van der Waals surface area contributed by atoms with Crippen LogP contribution in [0.2, 0.25) is 0 Å². The summed E-state index contributed by atoms with van der Waals surface area (Å²) in [5.41, 5.74) is 2.78. The zero-order chi connectivity index (χ0) is 16.7. The highest BCUT2D eigenvalue weighted by molar-refractivity contribution is 7.12. The summed E-state index contributed by atoms with van der Waals surface area (Å²) in [5, 5.41) is 16.0. The second-order valence-electron chi connectivity index (χ2n) is 5.53. The fraction of sp³-hybridized carbons (Fsp3) is 0.250. The maximum absolute atomic E-state index is 11.9. The van der Waals surface area contributed by atoms with E-state index in [1.54, 1.807) is 16.0 Å². The standard InChI is InChI=1S/C16H15N5O2S/c1-10-7-8-24-15(10)16-18-21(11(2)22)14(23-16)9-20-13-6-4-3-5-12(13)17-19-20/h3-8,14H,9H2,1-2H3/t14-/m0/s1. The van der Waals surface area contributed by atoms with Gasteiger partial charge in [-0.3, -0.25) is 4.79 Å². The molecule has 0 saturated carbocycles. The van der Waals surface area contributed by atoms with Crippen LogP contribution < -0.4 is 0 Å². The Bertz CT molecular complexity index is 945. The highest BCUT2D eigenvalue weighted by Crippen LogP contribution is 2.25. The molecule has 0 aliphatic carbocycles. The second kappa shape index (κ2) is 5.72. The van der Waals surface area contributed by atoms with Crippen molar-refractivity contribution in [2.75, 3.05) is 0 Å². The number of ether oxygens (including phenoxy) is 1. The minimum absolute atomic E-state index is 0.173. The molecule has 0 bridgehead atoms. The lowest BCUT2D eigenvalue weighted by atomic mass is 10.3. The van der Waals surface area contributed by atoms with Gasteiger partial charge in [0.2, 0.25) is 12.1 Å². The van der Waals surface area contributed by atoms with Crippen molar-refractivity contribution in [3.05, 3.63) is 46.2 Å². The lowest BCUT2D eigenvalue weighted by molar-refractivity contribution is -0.135. The predicted octanol–water partition coefficient (Wildman–Crippen LogP) is 2.37. The van der Waals surface area contributed by atoms with Gasteiger partial charge in [-0.05, 0) is 36.1 Å². The van der Waals surface area contributed by atoms with Crippen molar-refractivity contribution in [2.24, 2.45) is 5.10 Å². The van der Waals surface area contributed by atoms with Crippen molar-refractivity contribution >= 4 is 34.2 Å². The minimum Gasteiger partial charge on any atom is -0.447 e. The number of fused-ring (bicyclic) bond motifs is 1. The van der Waals surface area contributed by atoms with Gasteiger partial charge in [0.15, 0.2) is 0 Å². The number of aryl methyl sites for hydroxylation is 1. The number of para-hydroxylation sites is 1. The van der Waals surface area contributed by atoms with E-state index in [1.165, 1.54) is 11.9 Å². The van der Waals surface area contributed by atoms with Crippen LogP contribution in [0.1, 0.15) is 17.4 Å². The maximum Gasteiger partial charge on any atom is 0.251 e. The van der Waals surface area contributed by atoms with Crippen LogP contribution in [0.15, 0.2) is 40.8 Å². The van der Waals surface area contributed by atoms with Crippen LogP contribution in [0, 0.1) is 6.92 Å². The van der Waals surface area contributed by atoms with Gasteiger partial charge in [-0.25, -0.2) is 4.68 Å². The Hall–Kier alpha value is -2.74. The summed E-state index contributed by atoms with van der Waals surface area (Å²) in [6, 6.07) is 9.68. The fourth-order valence-corrected chi connectivity index (χ4v) is 3.50. The van der Waals surface area contributed by atoms with Crippen LogP contribution in [0.4, 0.5) is 0 Å². The molecule has 122 valence electrons. The molecule has 0 unspecified atom stereocenters. The van der Waals surface area contributed by atoms with E-state index in [0.717, 1.165) is 21.5 Å². The molecule has 0 radical (unpaired) electrons. The molecule has 3 heterocycles. The van der Waals surface area contributed by atoms with Gasteiger partial charge < -0.3 is 4.74 Å². The number of hydrazone groups is 1. The van der Waals surface area contributed by atoms with Gasteiger partial charge in [-0.2, -0.15) is 5.01 Å². The Morgan fingerprint density at radius 2 is 2.17 bits per heavy atom. The third-order valence-corrected chi connectivity index (χ3v) is 4.85. The van der Waals surface area contributed by atoms with E-state index >= 15 is 0 Å². The molecule has 1 aliphatic rings. The Balaban J connectivity index is 1.63. The number of benzene rings is 1. The molecule has 8 heteroatoms. The number of carbonyl (C=O) groups is 1. The Morgan fingerprint density at radius 3 is 2.92 bits per heavy atom. The summed E-state index contributed by atoms with van der Waals surface area (Å²) in [5.74, 6) is 0.306. The molecule has 2 aromatic heterocycles. The highest BCUT2D eigenvalue weighted by atomic mass is 32.1. The smallest absolute Gasteiger partial charge is 0.251 e. The summed E-state index contributed by atoms with van der Waals surface area (Å²) in [6.45, 7) is 3.83. The summed E-state index contributed by atoms with van der Waals surface area (Å²) in [4.78, 5) is 12.9. The Morgan fingerprint density at radius 1 is 1.33 bits per heavy atom. The molecule has 0 spiro atoms. The van der Waals surface area contributed by atoms with E-state index < -0.39 is 6.23 Å². The van der Waals surface area contributed by atoms with Crippen LogP contribution in [0.3, 0.4) is 0 Å². The van der Waals surface area contributed by atoms with Crippen molar-refractivity contribution in [3.63, 3.8) is 0 Å². The summed E-state index contributed by atoms with van der Waals surface area (Å²) >= 11 is 1.54.